The van der Waals surface area contributed by atoms with Crippen LogP contribution in [0.25, 0.3) is 22.4 Å². The normalized spacial score (nSPS) is 12.1. The number of H-pyrrole nitrogens is 1. The molecule has 0 bridgehead atoms. The number of anilines is 1. The van der Waals surface area contributed by atoms with Crippen molar-refractivity contribution in [1.82, 2.24) is 15.2 Å². The molecule has 7 heteroatoms. The van der Waals surface area contributed by atoms with Crippen molar-refractivity contribution in [1.29, 1.82) is 5.26 Å². The van der Waals surface area contributed by atoms with Crippen molar-refractivity contribution < 1.29 is 9.47 Å². The summed E-state index contributed by atoms with van der Waals surface area (Å²) < 4.78 is 10.7. The van der Waals surface area contributed by atoms with Gasteiger partial charge in [-0.3, -0.25) is 5.10 Å². The highest BCUT2D eigenvalue weighted by molar-refractivity contribution is 5.80. The molecule has 0 atom stereocenters. The van der Waals surface area contributed by atoms with Crippen molar-refractivity contribution in [3.8, 4) is 40.0 Å². The molecule has 0 amide bonds. The van der Waals surface area contributed by atoms with Crippen LogP contribution >= 0.6 is 0 Å². The zero-order valence-corrected chi connectivity index (χ0v) is 11.9. The summed E-state index contributed by atoms with van der Waals surface area (Å²) in [6.07, 6.45) is 3.35. The standard InChI is InChI=1S/C16H11N5O2/c17-5-12-11(10-6-19-20-7-10)4-13(21-16(12)18)9-1-2-14-15(3-9)23-8-22-14/h1-4,6-7H,8H2,(H2,18,21)(H,19,20). The van der Waals surface area contributed by atoms with Gasteiger partial charge in [0.05, 0.1) is 11.9 Å². The second-order valence-electron chi connectivity index (χ2n) is 4.98. The minimum Gasteiger partial charge on any atom is -0.454 e. The van der Waals surface area contributed by atoms with E-state index in [1.807, 2.05) is 24.3 Å². The monoisotopic (exact) mass is 305 g/mol. The van der Waals surface area contributed by atoms with Crippen molar-refractivity contribution in [3.05, 3.63) is 42.2 Å². The number of rotatable bonds is 2. The molecule has 112 valence electrons. The third kappa shape index (κ3) is 2.13. The minimum absolute atomic E-state index is 0.180. The van der Waals surface area contributed by atoms with Crippen LogP contribution in [0.4, 0.5) is 5.82 Å². The van der Waals surface area contributed by atoms with E-state index in [4.69, 9.17) is 15.2 Å². The van der Waals surface area contributed by atoms with Gasteiger partial charge in [0.2, 0.25) is 6.79 Å². The predicted octanol–water partition coefficient (Wildman–Crippen LogP) is 2.32. The van der Waals surface area contributed by atoms with Crippen molar-refractivity contribution in [2.24, 2.45) is 0 Å². The van der Waals surface area contributed by atoms with Gasteiger partial charge in [0, 0.05) is 22.9 Å². The van der Waals surface area contributed by atoms with E-state index in [1.54, 1.807) is 12.4 Å². The molecule has 0 unspecified atom stereocenters. The molecule has 3 aromatic rings. The van der Waals surface area contributed by atoms with Gasteiger partial charge in [-0.25, -0.2) is 4.98 Å². The molecule has 23 heavy (non-hydrogen) atoms. The van der Waals surface area contributed by atoms with Gasteiger partial charge in [0.15, 0.2) is 11.5 Å². The Kier molecular flexibility index (Phi) is 2.88. The van der Waals surface area contributed by atoms with E-state index in [0.29, 0.717) is 28.3 Å². The molecular formula is C16H11N5O2. The maximum atomic E-state index is 9.35. The summed E-state index contributed by atoms with van der Waals surface area (Å²) in [6.45, 7) is 0.210. The molecule has 1 aromatic carbocycles. The second-order valence-corrected chi connectivity index (χ2v) is 4.98. The third-order valence-electron chi connectivity index (χ3n) is 3.64. The third-order valence-corrected chi connectivity index (χ3v) is 3.64. The van der Waals surface area contributed by atoms with E-state index < -0.39 is 0 Å². The van der Waals surface area contributed by atoms with Gasteiger partial charge in [0.1, 0.15) is 17.5 Å². The van der Waals surface area contributed by atoms with E-state index >= 15 is 0 Å². The smallest absolute Gasteiger partial charge is 0.231 e. The minimum atomic E-state index is 0.180. The number of aromatic amines is 1. The van der Waals surface area contributed by atoms with E-state index in [1.165, 1.54) is 0 Å². The first-order valence-electron chi connectivity index (χ1n) is 6.86. The molecule has 4 rings (SSSR count). The lowest BCUT2D eigenvalue weighted by Crippen LogP contribution is -1.99. The molecule has 0 saturated heterocycles. The van der Waals surface area contributed by atoms with Gasteiger partial charge in [-0.2, -0.15) is 10.4 Å². The fourth-order valence-corrected chi connectivity index (χ4v) is 2.51. The lowest BCUT2D eigenvalue weighted by Gasteiger charge is -2.09. The Morgan fingerprint density at radius 1 is 1.17 bits per heavy atom. The van der Waals surface area contributed by atoms with Gasteiger partial charge >= 0.3 is 0 Å². The Morgan fingerprint density at radius 2 is 2.04 bits per heavy atom. The molecule has 0 spiro atoms. The zero-order valence-electron chi connectivity index (χ0n) is 11.9. The Hall–Kier alpha value is -3.53. The lowest BCUT2D eigenvalue weighted by atomic mass is 10.0. The van der Waals surface area contributed by atoms with Gasteiger partial charge < -0.3 is 15.2 Å². The van der Waals surface area contributed by atoms with Gasteiger partial charge in [0.25, 0.3) is 0 Å². The number of nitrogens with one attached hydrogen (secondary N) is 1. The summed E-state index contributed by atoms with van der Waals surface area (Å²) in [5.41, 5.74) is 9.23. The van der Waals surface area contributed by atoms with Crippen LogP contribution in [0, 0.1) is 11.3 Å². The molecule has 0 fully saturated rings. The number of nitriles is 1. The zero-order chi connectivity index (χ0) is 15.8. The molecule has 1 aliphatic heterocycles. The van der Waals surface area contributed by atoms with E-state index in [0.717, 1.165) is 11.1 Å². The van der Waals surface area contributed by atoms with Crippen molar-refractivity contribution in [2.45, 2.75) is 0 Å². The highest BCUT2D eigenvalue weighted by Gasteiger charge is 2.17. The van der Waals surface area contributed by atoms with Crippen LogP contribution in [-0.4, -0.2) is 22.0 Å². The van der Waals surface area contributed by atoms with Gasteiger partial charge in [-0.15, -0.1) is 0 Å². The number of ether oxygens (including phenoxy) is 2. The summed E-state index contributed by atoms with van der Waals surface area (Å²) in [5, 5.41) is 16.0. The molecule has 2 aromatic heterocycles. The first-order chi connectivity index (χ1) is 11.3. The SMILES string of the molecule is N#Cc1c(-c2cn[nH]c2)cc(-c2ccc3c(c2)OCO3)nc1N. The highest BCUT2D eigenvalue weighted by Crippen LogP contribution is 2.37. The summed E-state index contributed by atoms with van der Waals surface area (Å²) in [4.78, 5) is 4.34. The number of aromatic nitrogens is 3. The fraction of sp³-hybridized carbons (Fsp3) is 0.0625. The maximum absolute atomic E-state index is 9.35. The molecule has 7 nitrogen and oxygen atoms in total. The summed E-state index contributed by atoms with van der Waals surface area (Å²) in [6, 6.07) is 9.46. The maximum Gasteiger partial charge on any atom is 0.231 e. The summed E-state index contributed by atoms with van der Waals surface area (Å²) in [7, 11) is 0. The number of nitrogen functional groups attached to an aromatic ring is 1. The average Bonchev–Trinajstić information content (AvgIpc) is 3.24. The predicted molar refractivity (Wildman–Crippen MR) is 82.5 cm³/mol. The van der Waals surface area contributed by atoms with Crippen LogP contribution < -0.4 is 15.2 Å². The van der Waals surface area contributed by atoms with Crippen LogP contribution in [-0.2, 0) is 0 Å². The molecule has 1 aliphatic rings. The number of nitrogens with zero attached hydrogens (tertiary/aromatic N) is 3. The fourth-order valence-electron chi connectivity index (χ4n) is 2.51. The number of pyridine rings is 1. The highest BCUT2D eigenvalue weighted by atomic mass is 16.7. The van der Waals surface area contributed by atoms with Gasteiger partial charge in [-0.1, -0.05) is 0 Å². The average molecular weight is 305 g/mol. The number of benzene rings is 1. The quantitative estimate of drug-likeness (QED) is 0.752. The molecule has 0 radical (unpaired) electrons. The topological polar surface area (TPSA) is 110 Å². The Balaban J connectivity index is 1.89. The summed E-state index contributed by atoms with van der Waals surface area (Å²) in [5.74, 6) is 1.54. The Bertz CT molecular complexity index is 928. The van der Waals surface area contributed by atoms with Crippen molar-refractivity contribution in [3.63, 3.8) is 0 Å². The summed E-state index contributed by atoms with van der Waals surface area (Å²) >= 11 is 0. The molecular weight excluding hydrogens is 294 g/mol. The van der Waals surface area contributed by atoms with E-state index in [-0.39, 0.29) is 12.6 Å². The second kappa shape index (κ2) is 5.03. The van der Waals surface area contributed by atoms with Gasteiger partial charge in [-0.05, 0) is 24.3 Å². The van der Waals surface area contributed by atoms with Crippen LogP contribution in [0.5, 0.6) is 11.5 Å². The van der Waals surface area contributed by atoms with E-state index in [9.17, 15) is 5.26 Å². The number of nitrogens with two attached hydrogens (primary N) is 1. The van der Waals surface area contributed by atoms with Crippen LogP contribution in [0.1, 0.15) is 5.56 Å². The molecule has 3 heterocycles. The van der Waals surface area contributed by atoms with Crippen LogP contribution in [0.2, 0.25) is 0 Å². The van der Waals surface area contributed by atoms with Crippen LogP contribution in [0.15, 0.2) is 36.7 Å². The number of fused-ring (bicyclic) bond motifs is 1. The molecule has 3 N–H and O–H groups in total. The van der Waals surface area contributed by atoms with Crippen LogP contribution in [0.3, 0.4) is 0 Å². The molecule has 0 saturated carbocycles. The van der Waals surface area contributed by atoms with E-state index in [2.05, 4.69) is 21.3 Å². The largest absolute Gasteiger partial charge is 0.454 e. The lowest BCUT2D eigenvalue weighted by molar-refractivity contribution is 0.174. The van der Waals surface area contributed by atoms with Crippen molar-refractivity contribution >= 4 is 5.82 Å². The number of hydrogen-bond donors (Lipinski definition) is 2. The Labute approximate surface area is 131 Å². The van der Waals surface area contributed by atoms with Crippen molar-refractivity contribution in [2.75, 3.05) is 12.5 Å². The first-order valence-corrected chi connectivity index (χ1v) is 6.86. The number of hydrogen-bond acceptors (Lipinski definition) is 6. The Morgan fingerprint density at radius 3 is 2.83 bits per heavy atom. The first kappa shape index (κ1) is 13.2. The molecule has 0 aliphatic carbocycles.